The highest BCUT2D eigenvalue weighted by molar-refractivity contribution is 6.04. The van der Waals surface area contributed by atoms with E-state index in [0.717, 1.165) is 11.6 Å². The van der Waals surface area contributed by atoms with Crippen LogP contribution >= 0.6 is 0 Å². The zero-order valence-corrected chi connectivity index (χ0v) is 17.7. The Kier molecular flexibility index (Phi) is 8.24. The minimum absolute atomic E-state index is 0.180. The van der Waals surface area contributed by atoms with Gasteiger partial charge in [-0.25, -0.2) is 8.78 Å². The molecule has 0 aliphatic rings. The van der Waals surface area contributed by atoms with Crippen LogP contribution < -0.4 is 16.0 Å². The minimum Gasteiger partial charge on any atom is -0.352 e. The third kappa shape index (κ3) is 7.53. The summed E-state index contributed by atoms with van der Waals surface area (Å²) in [6.07, 6.45) is 0.669. The Morgan fingerprint density at radius 1 is 0.727 bits per heavy atom. The summed E-state index contributed by atoms with van der Waals surface area (Å²) in [4.78, 5) is 36.3. The number of halogens is 2. The van der Waals surface area contributed by atoms with Crippen LogP contribution in [0.25, 0.3) is 0 Å². The first-order valence-corrected chi connectivity index (χ1v) is 10.4. The van der Waals surface area contributed by atoms with Gasteiger partial charge in [-0.05, 0) is 66.6 Å². The van der Waals surface area contributed by atoms with Gasteiger partial charge in [0.2, 0.25) is 5.91 Å². The maximum Gasteiger partial charge on any atom is 0.255 e. The predicted octanol–water partition coefficient (Wildman–Crippen LogP) is 4.04. The zero-order valence-electron chi connectivity index (χ0n) is 17.7. The molecule has 33 heavy (non-hydrogen) atoms. The van der Waals surface area contributed by atoms with Gasteiger partial charge in [-0.15, -0.1) is 0 Å². The maximum absolute atomic E-state index is 13.3. The van der Waals surface area contributed by atoms with E-state index in [1.165, 1.54) is 42.5 Å². The third-order valence-electron chi connectivity index (χ3n) is 4.73. The number of carbonyl (C=O) groups excluding carboxylic acids is 3. The van der Waals surface area contributed by atoms with E-state index in [1.807, 2.05) is 0 Å². The van der Waals surface area contributed by atoms with Gasteiger partial charge in [-0.3, -0.25) is 14.4 Å². The molecule has 3 rings (SSSR count). The minimum atomic E-state index is -0.492. The fourth-order valence-corrected chi connectivity index (χ4v) is 3.04. The molecule has 3 aromatic rings. The third-order valence-corrected chi connectivity index (χ3v) is 4.73. The SMILES string of the molecule is O=C(CCCNC(=O)c1ccc(F)cc1)NCc1cccc(NC(=O)c2cccc(F)c2)c1. The molecule has 170 valence electrons. The van der Waals surface area contributed by atoms with Crippen molar-refractivity contribution in [2.75, 3.05) is 11.9 Å². The van der Waals surface area contributed by atoms with Gasteiger partial charge in [-0.1, -0.05) is 18.2 Å². The van der Waals surface area contributed by atoms with Crippen molar-refractivity contribution in [2.45, 2.75) is 19.4 Å². The molecule has 6 nitrogen and oxygen atoms in total. The first kappa shape index (κ1) is 23.6. The largest absolute Gasteiger partial charge is 0.352 e. The van der Waals surface area contributed by atoms with Gasteiger partial charge in [0.25, 0.3) is 11.8 Å². The summed E-state index contributed by atoms with van der Waals surface area (Å²) in [7, 11) is 0. The lowest BCUT2D eigenvalue weighted by atomic mass is 10.1. The Bertz CT molecular complexity index is 1130. The maximum atomic E-state index is 13.3. The monoisotopic (exact) mass is 451 g/mol. The zero-order chi connectivity index (χ0) is 23.6. The van der Waals surface area contributed by atoms with E-state index < -0.39 is 17.5 Å². The molecular formula is C25H23F2N3O3. The molecule has 0 heterocycles. The number of anilines is 1. The molecule has 0 aromatic heterocycles. The van der Waals surface area contributed by atoms with Gasteiger partial charge in [0.1, 0.15) is 11.6 Å². The van der Waals surface area contributed by atoms with Crippen molar-refractivity contribution in [3.8, 4) is 0 Å². The van der Waals surface area contributed by atoms with Gasteiger partial charge < -0.3 is 16.0 Å². The van der Waals surface area contributed by atoms with Gasteiger partial charge in [0.15, 0.2) is 0 Å². The van der Waals surface area contributed by atoms with E-state index in [9.17, 15) is 23.2 Å². The van der Waals surface area contributed by atoms with Crippen LogP contribution in [0.15, 0.2) is 72.8 Å². The Hall–Kier alpha value is -4.07. The summed E-state index contributed by atoms with van der Waals surface area (Å²) in [6.45, 7) is 0.579. The van der Waals surface area contributed by atoms with Crippen molar-refractivity contribution in [3.63, 3.8) is 0 Å². The second kappa shape index (κ2) is 11.5. The van der Waals surface area contributed by atoms with E-state index in [2.05, 4.69) is 16.0 Å². The van der Waals surface area contributed by atoms with Crippen molar-refractivity contribution in [3.05, 3.63) is 101 Å². The molecule has 0 atom stereocenters. The van der Waals surface area contributed by atoms with E-state index in [4.69, 9.17) is 0 Å². The second-order valence-corrected chi connectivity index (χ2v) is 7.31. The van der Waals surface area contributed by atoms with Crippen LogP contribution in [0.5, 0.6) is 0 Å². The van der Waals surface area contributed by atoms with Gasteiger partial charge in [0.05, 0.1) is 0 Å². The number of nitrogens with one attached hydrogen (secondary N) is 3. The van der Waals surface area contributed by atoms with Gasteiger partial charge in [-0.2, -0.15) is 0 Å². The van der Waals surface area contributed by atoms with E-state index in [0.29, 0.717) is 24.2 Å². The average Bonchev–Trinajstić information content (AvgIpc) is 2.81. The van der Waals surface area contributed by atoms with E-state index >= 15 is 0 Å². The van der Waals surface area contributed by atoms with Gasteiger partial charge >= 0.3 is 0 Å². The Morgan fingerprint density at radius 3 is 2.24 bits per heavy atom. The topological polar surface area (TPSA) is 87.3 Å². The smallest absolute Gasteiger partial charge is 0.255 e. The Labute approximate surface area is 190 Å². The molecule has 0 spiro atoms. The second-order valence-electron chi connectivity index (χ2n) is 7.31. The number of benzene rings is 3. The first-order chi connectivity index (χ1) is 15.9. The molecule has 3 aromatic carbocycles. The summed E-state index contributed by atoms with van der Waals surface area (Å²) in [5.41, 5.74) is 1.87. The highest BCUT2D eigenvalue weighted by Gasteiger charge is 2.09. The van der Waals surface area contributed by atoms with Crippen LogP contribution in [0.1, 0.15) is 39.1 Å². The number of carbonyl (C=O) groups is 3. The fourth-order valence-electron chi connectivity index (χ4n) is 3.04. The average molecular weight is 451 g/mol. The molecule has 0 bridgehead atoms. The standard InChI is InChI=1S/C25H23F2N3O3/c26-20-11-9-18(10-12-20)24(32)28-13-3-8-23(31)29-16-17-4-1-7-22(14-17)30-25(33)19-5-2-6-21(27)15-19/h1-2,4-7,9-12,14-15H,3,8,13,16H2,(H,28,32)(H,29,31)(H,30,33). The van der Waals surface area contributed by atoms with Crippen LogP contribution in [0.4, 0.5) is 14.5 Å². The molecule has 0 aliphatic carbocycles. The summed E-state index contributed by atoms with van der Waals surface area (Å²) in [5.74, 6) is -1.84. The lowest BCUT2D eigenvalue weighted by Gasteiger charge is -2.09. The van der Waals surface area contributed by atoms with E-state index in [1.54, 1.807) is 24.3 Å². The van der Waals surface area contributed by atoms with Crippen molar-refractivity contribution < 1.29 is 23.2 Å². The van der Waals surface area contributed by atoms with Crippen LogP contribution in [-0.4, -0.2) is 24.3 Å². The predicted molar refractivity (Wildman–Crippen MR) is 121 cm³/mol. The van der Waals surface area contributed by atoms with E-state index in [-0.39, 0.29) is 30.3 Å². The van der Waals surface area contributed by atoms with Gasteiger partial charge in [0, 0.05) is 36.3 Å². The number of hydrogen-bond acceptors (Lipinski definition) is 3. The summed E-state index contributed by atoms with van der Waals surface area (Å²) >= 11 is 0. The van der Waals surface area contributed by atoms with Crippen LogP contribution in [0, 0.1) is 11.6 Å². The molecular weight excluding hydrogens is 428 g/mol. The molecule has 0 fully saturated rings. The Morgan fingerprint density at radius 2 is 1.48 bits per heavy atom. The molecule has 0 saturated heterocycles. The highest BCUT2D eigenvalue weighted by atomic mass is 19.1. The summed E-state index contributed by atoms with van der Waals surface area (Å²) < 4.78 is 26.2. The highest BCUT2D eigenvalue weighted by Crippen LogP contribution is 2.13. The number of hydrogen-bond donors (Lipinski definition) is 3. The van der Waals surface area contributed by atoms with Crippen molar-refractivity contribution in [1.29, 1.82) is 0 Å². The number of amides is 3. The van der Waals surface area contributed by atoms with Crippen LogP contribution in [0.3, 0.4) is 0 Å². The molecule has 0 unspecified atom stereocenters. The normalized spacial score (nSPS) is 10.4. The summed E-state index contributed by atoms with van der Waals surface area (Å²) in [6, 6.07) is 17.6. The molecule has 8 heteroatoms. The quantitative estimate of drug-likeness (QED) is 0.429. The first-order valence-electron chi connectivity index (χ1n) is 10.4. The number of rotatable bonds is 9. The molecule has 3 N–H and O–H groups in total. The molecule has 0 aliphatic heterocycles. The molecule has 3 amide bonds. The molecule has 0 radical (unpaired) electrons. The van der Waals surface area contributed by atoms with Crippen molar-refractivity contribution in [1.82, 2.24) is 10.6 Å². The summed E-state index contributed by atoms with van der Waals surface area (Å²) in [5, 5.41) is 8.18. The van der Waals surface area contributed by atoms with Crippen molar-refractivity contribution >= 4 is 23.4 Å². The van der Waals surface area contributed by atoms with Crippen molar-refractivity contribution in [2.24, 2.45) is 0 Å². The van der Waals surface area contributed by atoms with Crippen LogP contribution in [-0.2, 0) is 11.3 Å². The fraction of sp³-hybridized carbons (Fsp3) is 0.160. The molecule has 0 saturated carbocycles. The lowest BCUT2D eigenvalue weighted by molar-refractivity contribution is -0.121. The Balaban J connectivity index is 1.39. The lowest BCUT2D eigenvalue weighted by Crippen LogP contribution is -2.27. The van der Waals surface area contributed by atoms with Crippen LogP contribution in [0.2, 0.25) is 0 Å².